The van der Waals surface area contributed by atoms with Crippen molar-refractivity contribution in [1.29, 1.82) is 0 Å². The number of fused-ring (bicyclic) bond motifs is 1. The molecule has 6 heteroatoms. The molecule has 1 fully saturated rings. The zero-order valence-corrected chi connectivity index (χ0v) is 20.8. The summed E-state index contributed by atoms with van der Waals surface area (Å²) in [5.74, 6) is 1.63. The molecule has 1 aliphatic heterocycles. The maximum Gasteiger partial charge on any atom is 0.195 e. The van der Waals surface area contributed by atoms with Gasteiger partial charge in [-0.1, -0.05) is 12.2 Å². The molecule has 1 aliphatic carbocycles. The summed E-state index contributed by atoms with van der Waals surface area (Å²) in [5.41, 5.74) is 9.09. The Labute approximate surface area is 211 Å². The average Bonchev–Trinajstić information content (AvgIpc) is 3.56. The number of hydrogen-bond acceptors (Lipinski definition) is 6. The van der Waals surface area contributed by atoms with Gasteiger partial charge in [-0.3, -0.25) is 9.69 Å². The van der Waals surface area contributed by atoms with E-state index in [1.165, 1.54) is 30.8 Å². The van der Waals surface area contributed by atoms with Crippen LogP contribution in [0.3, 0.4) is 0 Å². The summed E-state index contributed by atoms with van der Waals surface area (Å²) in [6.45, 7) is 4.95. The predicted octanol–water partition coefficient (Wildman–Crippen LogP) is 5.42. The molecule has 0 bridgehead atoms. The molecule has 0 radical (unpaired) electrons. The molecule has 2 aliphatic rings. The lowest BCUT2D eigenvalue weighted by atomic mass is 9.93. The highest BCUT2D eigenvalue weighted by Gasteiger charge is 2.25. The molecule has 5 rings (SSSR count). The van der Waals surface area contributed by atoms with Crippen LogP contribution in [0.2, 0.25) is 0 Å². The predicted molar refractivity (Wildman–Crippen MR) is 143 cm³/mol. The number of thiophene rings is 1. The second kappa shape index (κ2) is 11.2. The summed E-state index contributed by atoms with van der Waals surface area (Å²) in [4.78, 5) is 18.5. The first-order chi connectivity index (χ1) is 17.2. The molecule has 182 valence electrons. The van der Waals surface area contributed by atoms with Gasteiger partial charge in [-0.05, 0) is 98.4 Å². The molecular formula is C29H32N2O3S. The molecule has 5 nitrogen and oxygen atoms in total. The smallest absolute Gasteiger partial charge is 0.195 e. The minimum absolute atomic E-state index is 0.0420. The van der Waals surface area contributed by atoms with E-state index >= 15 is 0 Å². The molecule has 2 N–H and O–H groups in total. The van der Waals surface area contributed by atoms with Gasteiger partial charge in [-0.25, -0.2) is 0 Å². The summed E-state index contributed by atoms with van der Waals surface area (Å²) in [6, 6.07) is 15.5. The number of rotatable bonds is 10. The van der Waals surface area contributed by atoms with Gasteiger partial charge in [0.25, 0.3) is 0 Å². The van der Waals surface area contributed by atoms with Gasteiger partial charge in [-0.15, -0.1) is 11.3 Å². The Kier molecular flexibility index (Phi) is 7.62. The van der Waals surface area contributed by atoms with E-state index in [1.54, 1.807) is 11.3 Å². The summed E-state index contributed by atoms with van der Waals surface area (Å²) >= 11 is 1.73. The molecule has 0 amide bonds. The van der Waals surface area contributed by atoms with Crippen LogP contribution in [0, 0.1) is 0 Å². The minimum atomic E-state index is 0.0420. The van der Waals surface area contributed by atoms with Crippen LogP contribution in [0.1, 0.15) is 45.6 Å². The van der Waals surface area contributed by atoms with Crippen LogP contribution < -0.4 is 15.2 Å². The maximum absolute atomic E-state index is 13.7. The fourth-order valence-corrected chi connectivity index (χ4v) is 6.03. The van der Waals surface area contributed by atoms with Crippen molar-refractivity contribution >= 4 is 23.2 Å². The number of carbonyl (C=O) groups excluding carboxylic acids is 1. The van der Waals surface area contributed by atoms with Gasteiger partial charge in [0.2, 0.25) is 0 Å². The molecule has 3 aromatic rings. The van der Waals surface area contributed by atoms with Crippen LogP contribution in [0.15, 0.2) is 54.6 Å². The van der Waals surface area contributed by atoms with Gasteiger partial charge < -0.3 is 15.2 Å². The average molecular weight is 489 g/mol. The Morgan fingerprint density at radius 3 is 2.34 bits per heavy atom. The fourth-order valence-electron chi connectivity index (χ4n) is 4.72. The van der Waals surface area contributed by atoms with Crippen molar-refractivity contribution in [3.05, 3.63) is 76.2 Å². The zero-order chi connectivity index (χ0) is 24.0. The second-order valence-electron chi connectivity index (χ2n) is 9.00. The van der Waals surface area contributed by atoms with Crippen LogP contribution in [0.5, 0.6) is 11.5 Å². The Morgan fingerprint density at radius 2 is 1.63 bits per heavy atom. The van der Waals surface area contributed by atoms with Crippen molar-refractivity contribution in [2.24, 2.45) is 5.73 Å². The van der Waals surface area contributed by atoms with Gasteiger partial charge >= 0.3 is 0 Å². The van der Waals surface area contributed by atoms with Crippen molar-refractivity contribution in [3.8, 4) is 21.9 Å². The molecule has 0 unspecified atom stereocenters. The lowest BCUT2D eigenvalue weighted by Gasteiger charge is -2.15. The van der Waals surface area contributed by atoms with Gasteiger partial charge in [0.1, 0.15) is 24.7 Å². The first-order valence-electron chi connectivity index (χ1n) is 12.5. The monoisotopic (exact) mass is 488 g/mol. The largest absolute Gasteiger partial charge is 0.492 e. The summed E-state index contributed by atoms with van der Waals surface area (Å²) < 4.78 is 11.6. The highest BCUT2D eigenvalue weighted by Crippen LogP contribution is 2.41. The standard InChI is InChI=1S/C29H32N2O3S/c30-15-19-33-23-11-7-21(8-12-23)28(32)27-25-5-1-2-6-26(25)35-29(27)22-9-13-24(14-10-22)34-20-18-31-16-3-4-17-31/h1,5,7-14H,2-4,6,15-20,30H2. The molecule has 35 heavy (non-hydrogen) atoms. The van der Waals surface area contributed by atoms with E-state index in [2.05, 4.69) is 29.2 Å². The van der Waals surface area contributed by atoms with E-state index in [9.17, 15) is 4.79 Å². The quantitative estimate of drug-likeness (QED) is 0.386. The number of aryl methyl sites for hydroxylation is 1. The van der Waals surface area contributed by atoms with E-state index in [4.69, 9.17) is 15.2 Å². The van der Waals surface area contributed by atoms with Crippen LogP contribution in [0.4, 0.5) is 0 Å². The van der Waals surface area contributed by atoms with Gasteiger partial charge in [-0.2, -0.15) is 0 Å². The van der Waals surface area contributed by atoms with Crippen molar-refractivity contribution in [2.45, 2.75) is 25.7 Å². The first-order valence-corrected chi connectivity index (χ1v) is 13.3. The van der Waals surface area contributed by atoms with E-state index in [1.807, 2.05) is 36.4 Å². The normalized spacial score (nSPS) is 15.2. The molecule has 2 heterocycles. The Balaban J connectivity index is 1.37. The van der Waals surface area contributed by atoms with Gasteiger partial charge in [0.15, 0.2) is 5.78 Å². The molecule has 0 spiro atoms. The number of carbonyl (C=O) groups is 1. The van der Waals surface area contributed by atoms with E-state index < -0.39 is 0 Å². The summed E-state index contributed by atoms with van der Waals surface area (Å²) in [5, 5.41) is 0. The number of ether oxygens (including phenoxy) is 2. The number of ketones is 1. The lowest BCUT2D eigenvalue weighted by molar-refractivity contribution is 0.103. The molecule has 0 saturated carbocycles. The highest BCUT2D eigenvalue weighted by molar-refractivity contribution is 7.16. The van der Waals surface area contributed by atoms with Crippen LogP contribution >= 0.6 is 11.3 Å². The number of likely N-dealkylation sites (tertiary alicyclic amines) is 1. The molecular weight excluding hydrogens is 456 g/mol. The topological polar surface area (TPSA) is 64.8 Å². The Bertz CT molecular complexity index is 1180. The van der Waals surface area contributed by atoms with Crippen LogP contribution in [0.25, 0.3) is 16.5 Å². The van der Waals surface area contributed by atoms with E-state index in [-0.39, 0.29) is 5.78 Å². The van der Waals surface area contributed by atoms with E-state index in [0.29, 0.717) is 25.3 Å². The fraction of sp³-hybridized carbons (Fsp3) is 0.345. The molecule has 1 saturated heterocycles. The number of nitrogens with zero attached hydrogens (tertiary/aromatic N) is 1. The minimum Gasteiger partial charge on any atom is -0.492 e. The molecule has 0 atom stereocenters. The van der Waals surface area contributed by atoms with Gasteiger partial charge in [0.05, 0.1) is 0 Å². The van der Waals surface area contributed by atoms with Crippen LogP contribution in [-0.4, -0.2) is 50.1 Å². The third-order valence-electron chi connectivity index (χ3n) is 6.57. The number of allylic oxidation sites excluding steroid dienone is 1. The Hall–Kier alpha value is -2.93. The Morgan fingerprint density at radius 1 is 0.943 bits per heavy atom. The van der Waals surface area contributed by atoms with Crippen molar-refractivity contribution in [3.63, 3.8) is 0 Å². The lowest BCUT2D eigenvalue weighted by Crippen LogP contribution is -2.25. The zero-order valence-electron chi connectivity index (χ0n) is 20.0. The van der Waals surface area contributed by atoms with E-state index in [0.717, 1.165) is 52.5 Å². The SMILES string of the molecule is NCCOc1ccc(C(=O)c2c(-c3ccc(OCCN4CCCC4)cc3)sc3c2C=CCC3)cc1. The second-order valence-corrected chi connectivity index (χ2v) is 10.1. The third kappa shape index (κ3) is 5.50. The maximum atomic E-state index is 13.7. The first kappa shape index (κ1) is 23.8. The molecule has 2 aromatic carbocycles. The third-order valence-corrected chi connectivity index (χ3v) is 7.88. The number of nitrogens with two attached hydrogens (primary N) is 1. The summed E-state index contributed by atoms with van der Waals surface area (Å²) in [7, 11) is 0. The number of benzene rings is 2. The van der Waals surface area contributed by atoms with Crippen LogP contribution in [-0.2, 0) is 6.42 Å². The van der Waals surface area contributed by atoms with Crippen molar-refractivity contribution in [2.75, 3.05) is 39.4 Å². The van der Waals surface area contributed by atoms with Gasteiger partial charge in [0, 0.05) is 34.0 Å². The van der Waals surface area contributed by atoms with Crippen molar-refractivity contribution in [1.82, 2.24) is 4.90 Å². The van der Waals surface area contributed by atoms with Crippen molar-refractivity contribution < 1.29 is 14.3 Å². The molecule has 1 aromatic heterocycles. The summed E-state index contributed by atoms with van der Waals surface area (Å²) in [6.07, 6.45) is 8.85. The number of hydrogen-bond donors (Lipinski definition) is 1. The highest BCUT2D eigenvalue weighted by atomic mass is 32.1.